The summed E-state index contributed by atoms with van der Waals surface area (Å²) in [5.41, 5.74) is 6.80. The van der Waals surface area contributed by atoms with Gasteiger partial charge in [-0.3, -0.25) is 43.6 Å². The van der Waals surface area contributed by atoms with Crippen molar-refractivity contribution in [3.8, 4) is 0 Å². The van der Waals surface area contributed by atoms with Crippen LogP contribution in [0, 0.1) is 5.92 Å². The Hall–Kier alpha value is -6.57. The molecule has 2 fully saturated rings. The zero-order valence-corrected chi connectivity index (χ0v) is 39.7. The maximum atomic E-state index is 13.3. The Balaban J connectivity index is 0.000000195. The third kappa shape index (κ3) is 11.0. The Morgan fingerprint density at radius 3 is 1.63 bits per heavy atom. The molecule has 4 heterocycles. The minimum atomic E-state index is -1.11. The Morgan fingerprint density at radius 1 is 0.600 bits per heavy atom. The second-order valence-electron chi connectivity index (χ2n) is 17.8. The predicted molar refractivity (Wildman–Crippen MR) is 254 cm³/mol. The number of hydrogen-bond donors (Lipinski definition) is 2. The number of barbiturate groups is 2. The largest absolute Gasteiger partial charge is 0.361 e. The summed E-state index contributed by atoms with van der Waals surface area (Å²) in [5.74, 6) is -3.74. The van der Waals surface area contributed by atoms with Crippen LogP contribution in [0.5, 0.6) is 0 Å². The third-order valence-electron chi connectivity index (χ3n) is 11.3. The van der Waals surface area contributed by atoms with Crippen molar-refractivity contribution in [2.75, 3.05) is 28.2 Å². The number of nitrogens with one attached hydrogen (secondary N) is 2. The number of aromatic nitrogens is 2. The van der Waals surface area contributed by atoms with E-state index in [9.17, 15) is 33.6 Å². The predicted octanol–water partition coefficient (Wildman–Crippen LogP) is 9.96. The number of fused-ring (bicyclic) bond motifs is 2. The van der Waals surface area contributed by atoms with Crippen molar-refractivity contribution in [1.82, 2.24) is 29.6 Å². The molecule has 1 unspecified atom stereocenters. The average molecular weight is 922 g/mol. The first-order valence-electron chi connectivity index (χ1n) is 20.8. The lowest BCUT2D eigenvalue weighted by Gasteiger charge is -2.37. The van der Waals surface area contributed by atoms with E-state index < -0.39 is 47.5 Å². The van der Waals surface area contributed by atoms with Gasteiger partial charge in [0.15, 0.2) is 6.29 Å². The molecule has 8 amide bonds. The zero-order valence-electron chi connectivity index (χ0n) is 38.2. The molecule has 1 atom stereocenters. The normalized spacial score (nSPS) is 15.3. The minimum absolute atomic E-state index is 0.0774. The maximum Gasteiger partial charge on any atom is 0.332 e. The van der Waals surface area contributed by atoms with Crippen molar-refractivity contribution in [2.24, 2.45) is 5.92 Å². The molecule has 340 valence electrons. The molecule has 13 nitrogen and oxygen atoms in total. The molecular weight excluding hydrogens is 867 g/mol. The fraction of sp³-hybridized carbons (Fsp3) is 0.300. The summed E-state index contributed by atoms with van der Waals surface area (Å²) >= 11 is 12.2. The summed E-state index contributed by atoms with van der Waals surface area (Å²) in [6.45, 7) is 13.1. The number of benzene rings is 4. The van der Waals surface area contributed by atoms with Gasteiger partial charge in [0.1, 0.15) is 12.3 Å². The molecule has 0 spiro atoms. The Morgan fingerprint density at radius 2 is 1.11 bits per heavy atom. The fourth-order valence-electron chi connectivity index (χ4n) is 7.24. The van der Waals surface area contributed by atoms with Gasteiger partial charge in [-0.2, -0.15) is 0 Å². The summed E-state index contributed by atoms with van der Waals surface area (Å²) in [6, 6.07) is 27.8. The van der Waals surface area contributed by atoms with E-state index >= 15 is 0 Å². The van der Waals surface area contributed by atoms with Crippen LogP contribution in [0.4, 0.5) is 9.59 Å². The number of amides is 8. The zero-order chi connectivity index (χ0) is 48.1. The lowest BCUT2D eigenvalue weighted by Crippen LogP contribution is -2.58. The minimum Gasteiger partial charge on any atom is -0.361 e. The summed E-state index contributed by atoms with van der Waals surface area (Å²) < 4.78 is 0. The van der Waals surface area contributed by atoms with Crippen LogP contribution in [0.1, 0.15) is 86.5 Å². The van der Waals surface area contributed by atoms with Crippen LogP contribution in [0.3, 0.4) is 0 Å². The Labute approximate surface area is 388 Å². The van der Waals surface area contributed by atoms with Crippen molar-refractivity contribution in [2.45, 2.75) is 64.7 Å². The molecule has 15 heteroatoms. The first-order valence-corrected chi connectivity index (χ1v) is 21.5. The van der Waals surface area contributed by atoms with E-state index in [0.29, 0.717) is 21.2 Å². The van der Waals surface area contributed by atoms with Gasteiger partial charge in [0.05, 0.1) is 5.02 Å². The topological polar surface area (TPSA) is 164 Å². The Kier molecular flexibility index (Phi) is 15.3. The number of carbonyl (C=O) groups is 7. The number of rotatable bonds is 4. The molecule has 0 radical (unpaired) electrons. The highest BCUT2D eigenvalue weighted by atomic mass is 35.5. The molecular formula is C50H54Cl2N6O7. The van der Waals surface area contributed by atoms with Crippen molar-refractivity contribution in [3.05, 3.63) is 141 Å². The van der Waals surface area contributed by atoms with Crippen LogP contribution in [-0.4, -0.2) is 99.7 Å². The van der Waals surface area contributed by atoms with Gasteiger partial charge >= 0.3 is 12.1 Å². The van der Waals surface area contributed by atoms with Gasteiger partial charge in [0.2, 0.25) is 23.6 Å². The Bertz CT molecular complexity index is 2740. The van der Waals surface area contributed by atoms with E-state index in [0.717, 1.165) is 47.9 Å². The van der Waals surface area contributed by atoms with Crippen molar-refractivity contribution >= 4 is 87.0 Å². The van der Waals surface area contributed by atoms with Gasteiger partial charge in [-0.05, 0) is 80.9 Å². The highest BCUT2D eigenvalue weighted by Crippen LogP contribution is 2.43. The molecule has 2 saturated heterocycles. The van der Waals surface area contributed by atoms with Gasteiger partial charge in [-0.1, -0.05) is 113 Å². The number of aromatic amines is 2. The van der Waals surface area contributed by atoms with Crippen LogP contribution >= 0.6 is 23.2 Å². The van der Waals surface area contributed by atoms with E-state index in [1.165, 1.54) is 44.7 Å². The number of carbonyl (C=O) groups excluding carboxylic acids is 7. The summed E-state index contributed by atoms with van der Waals surface area (Å²) in [4.78, 5) is 92.0. The second kappa shape index (κ2) is 20.1. The van der Waals surface area contributed by atoms with Crippen molar-refractivity contribution < 1.29 is 33.6 Å². The summed E-state index contributed by atoms with van der Waals surface area (Å²) in [5, 5.41) is 3.19. The third-order valence-corrected chi connectivity index (χ3v) is 12.0. The molecule has 65 heavy (non-hydrogen) atoms. The second-order valence-corrected chi connectivity index (χ2v) is 18.7. The first-order chi connectivity index (χ1) is 30.5. The number of nitrogens with zero attached hydrogens (tertiary/aromatic N) is 4. The molecule has 2 aliphatic heterocycles. The molecule has 0 aliphatic carbocycles. The van der Waals surface area contributed by atoms with E-state index in [1.807, 2.05) is 36.7 Å². The monoisotopic (exact) mass is 920 g/mol. The number of hydrogen-bond acceptors (Lipinski definition) is 7. The van der Waals surface area contributed by atoms with Crippen LogP contribution in [0.15, 0.2) is 103 Å². The first kappa shape index (κ1) is 49.4. The van der Waals surface area contributed by atoms with Crippen LogP contribution < -0.4 is 0 Å². The van der Waals surface area contributed by atoms with Crippen LogP contribution in [-0.2, 0) is 30.0 Å². The number of halogens is 2. The molecule has 4 aromatic carbocycles. The summed E-state index contributed by atoms with van der Waals surface area (Å²) in [7, 11) is 5.51. The SMILES string of the molecule is CC(C)(C)c1ccc2[nH]ccc2c1.CN1C(=O)C(C(c2ccccc2Cl)c2c[nH]c3ccc(C(C)(C)C)cc23)C(=O)N(C)C1=O.CN1C(=O)CC(=O)N(C)C1=O.O=Cc1ccccc1Cl. The van der Waals surface area contributed by atoms with Gasteiger partial charge < -0.3 is 9.97 Å². The standard InChI is InChI=1S/C25H26ClN3O3.C12H15N.C7H5ClO.C6H8N2O3/c1-25(2,3)14-10-11-19-16(12-14)17(13-27-19)20(15-8-6-7-9-18(15)26)21-22(30)28(4)24(32)29(5)23(21)31;1-12(2,3)10-4-5-11-9(8-10)6-7-13-11;8-7-4-2-1-3-6(7)5-9;1-7-4(9)3-5(10)8(2)6(7)11/h6-13,20-21,27H,1-5H3;4-8,13H,1-3H3;1-5H;3H2,1-2H3. The van der Waals surface area contributed by atoms with E-state index in [4.69, 9.17) is 23.2 Å². The molecule has 6 aromatic rings. The van der Waals surface area contributed by atoms with Gasteiger partial charge in [-0.25, -0.2) is 9.59 Å². The molecule has 0 bridgehead atoms. The molecule has 8 rings (SSSR count). The molecule has 2 aromatic heterocycles. The van der Waals surface area contributed by atoms with Gasteiger partial charge in [0, 0.05) is 73.5 Å². The van der Waals surface area contributed by atoms with E-state index in [1.54, 1.807) is 30.3 Å². The van der Waals surface area contributed by atoms with Crippen molar-refractivity contribution in [1.29, 1.82) is 0 Å². The fourth-order valence-corrected chi connectivity index (χ4v) is 7.67. The van der Waals surface area contributed by atoms with Gasteiger partial charge in [-0.15, -0.1) is 0 Å². The highest BCUT2D eigenvalue weighted by Gasteiger charge is 2.48. The molecule has 2 N–H and O–H groups in total. The number of imide groups is 4. The maximum absolute atomic E-state index is 13.3. The number of H-pyrrole nitrogens is 2. The number of aldehydes is 1. The van der Waals surface area contributed by atoms with E-state index in [2.05, 4.69) is 87.9 Å². The quantitative estimate of drug-likeness (QED) is 0.131. The average Bonchev–Trinajstić information content (AvgIpc) is 3.93. The molecule has 0 saturated carbocycles. The smallest absolute Gasteiger partial charge is 0.332 e. The lowest BCUT2D eigenvalue weighted by molar-refractivity contribution is -0.148. The van der Waals surface area contributed by atoms with E-state index in [-0.39, 0.29) is 17.3 Å². The lowest BCUT2D eigenvalue weighted by atomic mass is 9.77. The van der Waals surface area contributed by atoms with Crippen LogP contribution in [0.25, 0.3) is 21.8 Å². The highest BCUT2D eigenvalue weighted by molar-refractivity contribution is 6.33. The van der Waals surface area contributed by atoms with Crippen LogP contribution in [0.2, 0.25) is 10.0 Å². The number of urea groups is 2. The van der Waals surface area contributed by atoms with Crippen molar-refractivity contribution in [3.63, 3.8) is 0 Å². The molecule has 2 aliphatic rings. The van der Waals surface area contributed by atoms with Gasteiger partial charge in [0.25, 0.3) is 0 Å². The summed E-state index contributed by atoms with van der Waals surface area (Å²) in [6.07, 6.45) is 4.35.